The lowest BCUT2D eigenvalue weighted by atomic mass is 10.1. The van der Waals surface area contributed by atoms with Crippen molar-refractivity contribution in [2.75, 3.05) is 18.4 Å². The first-order chi connectivity index (χ1) is 14.5. The monoisotopic (exact) mass is 487 g/mol. The molecule has 11 heteroatoms. The highest BCUT2D eigenvalue weighted by molar-refractivity contribution is 6.51. The Balaban J connectivity index is 1.62. The van der Waals surface area contributed by atoms with E-state index in [1.807, 2.05) is 6.92 Å². The second-order valence-corrected chi connectivity index (χ2v) is 9.88. The summed E-state index contributed by atoms with van der Waals surface area (Å²) in [4.78, 5) is 38.5. The number of hydrogen-bond acceptors (Lipinski definition) is 5. The second-order valence-electron chi connectivity index (χ2n) is 7.90. The third kappa shape index (κ3) is 5.42. The van der Waals surface area contributed by atoms with E-state index in [4.69, 9.17) is 45.9 Å². The van der Waals surface area contributed by atoms with Gasteiger partial charge in [0, 0.05) is 34.8 Å². The molecule has 1 aromatic carbocycles. The van der Waals surface area contributed by atoms with Crippen LogP contribution in [0.1, 0.15) is 31.7 Å². The number of nitrogens with zero attached hydrogens (tertiary/aromatic N) is 1. The van der Waals surface area contributed by atoms with E-state index in [-0.39, 0.29) is 35.9 Å². The van der Waals surface area contributed by atoms with Crippen LogP contribution in [0.25, 0.3) is 0 Å². The van der Waals surface area contributed by atoms with Gasteiger partial charge in [-0.15, -0.1) is 23.2 Å². The van der Waals surface area contributed by atoms with Crippen LogP contribution in [0, 0.1) is 11.3 Å². The lowest BCUT2D eigenvalue weighted by Crippen LogP contribution is -2.50. The number of amides is 3. The van der Waals surface area contributed by atoms with Gasteiger partial charge in [0.25, 0.3) is 5.91 Å². The van der Waals surface area contributed by atoms with Crippen LogP contribution in [-0.4, -0.2) is 57.8 Å². The molecule has 5 N–H and O–H groups in total. The van der Waals surface area contributed by atoms with Gasteiger partial charge in [0.2, 0.25) is 11.8 Å². The maximum Gasteiger partial charge on any atom is 0.267 e. The van der Waals surface area contributed by atoms with Crippen molar-refractivity contribution < 1.29 is 14.4 Å². The van der Waals surface area contributed by atoms with Gasteiger partial charge in [0.15, 0.2) is 0 Å². The number of halogens is 3. The minimum atomic E-state index is -0.893. The average molecular weight is 489 g/mol. The first-order valence-corrected chi connectivity index (χ1v) is 11.0. The standard InChI is InChI=1S/C20H24Cl3N5O3/c1-10(13-8-20(13,22)23)27-19(31)15-3-2-6-28(15)16(29)9-26-14-7-11(21)4-5-12(14)17(24)18(25)30/h4-5,7,10,13,15,24,26H,2-3,6,8-9H2,1H3,(H2,25,30)(H,27,31). The van der Waals surface area contributed by atoms with Gasteiger partial charge in [-0.1, -0.05) is 11.6 Å². The average Bonchev–Trinajstić information content (AvgIpc) is 3.12. The van der Waals surface area contributed by atoms with Crippen molar-refractivity contribution in [3.05, 3.63) is 28.8 Å². The normalized spacial score (nSPS) is 22.5. The summed E-state index contributed by atoms with van der Waals surface area (Å²) in [5.74, 6) is -1.41. The van der Waals surface area contributed by atoms with E-state index in [9.17, 15) is 14.4 Å². The quantitative estimate of drug-likeness (QED) is 0.330. The Morgan fingerprint density at radius 2 is 2.03 bits per heavy atom. The number of nitrogens with one attached hydrogen (secondary N) is 3. The summed E-state index contributed by atoms with van der Waals surface area (Å²) in [5, 5.41) is 14.1. The van der Waals surface area contributed by atoms with E-state index in [1.165, 1.54) is 23.1 Å². The van der Waals surface area contributed by atoms with Crippen molar-refractivity contribution in [3.8, 4) is 0 Å². The number of nitrogens with two attached hydrogens (primary N) is 1. The molecule has 0 bridgehead atoms. The van der Waals surface area contributed by atoms with E-state index in [2.05, 4.69) is 10.6 Å². The van der Waals surface area contributed by atoms with Gasteiger partial charge >= 0.3 is 0 Å². The van der Waals surface area contributed by atoms with Gasteiger partial charge in [-0.3, -0.25) is 19.8 Å². The molecule has 1 aliphatic carbocycles. The molecule has 31 heavy (non-hydrogen) atoms. The molecular weight excluding hydrogens is 465 g/mol. The lowest BCUT2D eigenvalue weighted by Gasteiger charge is -2.26. The Kier molecular flexibility index (Phi) is 7.03. The first kappa shape index (κ1) is 23.6. The summed E-state index contributed by atoms with van der Waals surface area (Å²) in [6, 6.07) is 3.77. The molecule has 8 nitrogen and oxygen atoms in total. The molecule has 3 atom stereocenters. The molecule has 1 aromatic rings. The largest absolute Gasteiger partial charge is 0.376 e. The molecule has 3 amide bonds. The Morgan fingerprint density at radius 1 is 1.35 bits per heavy atom. The minimum Gasteiger partial charge on any atom is -0.376 e. The van der Waals surface area contributed by atoms with E-state index in [1.54, 1.807) is 0 Å². The molecule has 0 radical (unpaired) electrons. The summed E-state index contributed by atoms with van der Waals surface area (Å²) >= 11 is 18.2. The van der Waals surface area contributed by atoms with Crippen LogP contribution in [0.3, 0.4) is 0 Å². The zero-order chi connectivity index (χ0) is 22.9. The molecule has 2 fully saturated rings. The Labute approximate surface area is 195 Å². The van der Waals surface area contributed by atoms with Crippen LogP contribution in [0.15, 0.2) is 18.2 Å². The summed E-state index contributed by atoms with van der Waals surface area (Å²) < 4.78 is -0.797. The van der Waals surface area contributed by atoms with Gasteiger partial charge in [-0.2, -0.15) is 0 Å². The van der Waals surface area contributed by atoms with Crippen LogP contribution in [-0.2, 0) is 14.4 Å². The van der Waals surface area contributed by atoms with E-state index in [0.717, 1.165) is 0 Å². The molecule has 2 aliphatic rings. The maximum absolute atomic E-state index is 12.8. The van der Waals surface area contributed by atoms with Crippen LogP contribution >= 0.6 is 34.8 Å². The highest BCUT2D eigenvalue weighted by Gasteiger charge is 2.55. The number of rotatable bonds is 8. The molecule has 0 spiro atoms. The minimum absolute atomic E-state index is 0.00571. The smallest absolute Gasteiger partial charge is 0.267 e. The summed E-state index contributed by atoms with van der Waals surface area (Å²) in [5.41, 5.74) is 5.39. The van der Waals surface area contributed by atoms with Gasteiger partial charge in [0.1, 0.15) is 16.1 Å². The van der Waals surface area contributed by atoms with Crippen molar-refractivity contribution >= 4 is 63.9 Å². The number of hydrogen-bond donors (Lipinski definition) is 4. The van der Waals surface area contributed by atoms with Crippen LogP contribution in [0.4, 0.5) is 5.69 Å². The number of carbonyl (C=O) groups is 3. The third-order valence-electron chi connectivity index (χ3n) is 5.65. The lowest BCUT2D eigenvalue weighted by molar-refractivity contribution is -0.137. The molecule has 3 unspecified atom stereocenters. The summed E-state index contributed by atoms with van der Waals surface area (Å²) in [6.07, 6.45) is 1.90. The number of alkyl halides is 2. The highest BCUT2D eigenvalue weighted by atomic mass is 35.5. The van der Waals surface area contributed by atoms with E-state index in [0.29, 0.717) is 36.5 Å². The van der Waals surface area contributed by atoms with Crippen molar-refractivity contribution in [1.82, 2.24) is 10.2 Å². The zero-order valence-corrected chi connectivity index (χ0v) is 19.2. The maximum atomic E-state index is 12.8. The first-order valence-electron chi connectivity index (χ1n) is 9.91. The van der Waals surface area contributed by atoms with E-state index >= 15 is 0 Å². The molecular formula is C20H24Cl3N5O3. The molecule has 0 aromatic heterocycles. The molecule has 1 saturated carbocycles. The van der Waals surface area contributed by atoms with Crippen molar-refractivity contribution in [1.29, 1.82) is 5.41 Å². The van der Waals surface area contributed by atoms with Gasteiger partial charge < -0.3 is 21.3 Å². The van der Waals surface area contributed by atoms with Crippen LogP contribution in [0.5, 0.6) is 0 Å². The summed E-state index contributed by atoms with van der Waals surface area (Å²) in [6.45, 7) is 2.19. The molecule has 3 rings (SSSR count). The van der Waals surface area contributed by atoms with Gasteiger partial charge in [-0.25, -0.2) is 0 Å². The number of carbonyl (C=O) groups excluding carboxylic acids is 3. The predicted molar refractivity (Wildman–Crippen MR) is 121 cm³/mol. The topological polar surface area (TPSA) is 128 Å². The van der Waals surface area contributed by atoms with Crippen molar-refractivity contribution in [2.24, 2.45) is 11.7 Å². The van der Waals surface area contributed by atoms with Gasteiger partial charge in [-0.05, 0) is 44.4 Å². The predicted octanol–water partition coefficient (Wildman–Crippen LogP) is 2.29. The summed E-state index contributed by atoms with van der Waals surface area (Å²) in [7, 11) is 0. The second kappa shape index (κ2) is 9.22. The van der Waals surface area contributed by atoms with Crippen LogP contribution in [0.2, 0.25) is 5.02 Å². The van der Waals surface area contributed by atoms with Gasteiger partial charge in [0.05, 0.1) is 6.54 Å². The highest BCUT2D eigenvalue weighted by Crippen LogP contribution is 2.54. The Morgan fingerprint density at radius 3 is 2.65 bits per heavy atom. The fraction of sp³-hybridized carbons (Fsp3) is 0.500. The number of likely N-dealkylation sites (tertiary alicyclic amines) is 1. The Bertz CT molecular complexity index is 923. The molecule has 1 saturated heterocycles. The van der Waals surface area contributed by atoms with E-state index < -0.39 is 22.0 Å². The fourth-order valence-electron chi connectivity index (χ4n) is 3.82. The third-order valence-corrected chi connectivity index (χ3v) is 6.76. The Hall–Kier alpha value is -2.03. The number of anilines is 1. The zero-order valence-electron chi connectivity index (χ0n) is 16.9. The van der Waals surface area contributed by atoms with Crippen molar-refractivity contribution in [2.45, 2.75) is 42.6 Å². The fourth-order valence-corrected chi connectivity index (χ4v) is 4.70. The molecule has 1 aliphatic heterocycles. The SMILES string of the molecule is CC(NC(=O)C1CCCN1C(=O)CNc1cc(Cl)ccc1C(=N)C(N)=O)C1CC1(Cl)Cl. The number of primary amides is 1. The molecule has 168 valence electrons. The van der Waals surface area contributed by atoms with Crippen molar-refractivity contribution in [3.63, 3.8) is 0 Å². The molecule has 1 heterocycles. The van der Waals surface area contributed by atoms with Crippen LogP contribution < -0.4 is 16.4 Å². The number of benzene rings is 1.